The lowest BCUT2D eigenvalue weighted by molar-refractivity contribution is -0.155. The fraction of sp³-hybridized carbons (Fsp3) is 0.774. The number of thioether (sulfide) groups is 1. The van der Waals surface area contributed by atoms with Crippen LogP contribution < -0.4 is 0 Å². The van der Waals surface area contributed by atoms with Crippen LogP contribution in [0.15, 0.2) is 25.3 Å². The molecule has 0 aliphatic carbocycles. The molecule has 3 heterocycles. The number of fused-ring (bicyclic) bond motifs is 1. The lowest BCUT2D eigenvalue weighted by Gasteiger charge is -2.46. The molecule has 3 aliphatic rings. The number of hydrogen-bond donors (Lipinski definition) is 1. The van der Waals surface area contributed by atoms with E-state index in [1.807, 2.05) is 4.90 Å². The van der Waals surface area contributed by atoms with Crippen LogP contribution in [0.25, 0.3) is 0 Å². The fourth-order valence-corrected chi connectivity index (χ4v) is 9.85. The van der Waals surface area contributed by atoms with Crippen molar-refractivity contribution >= 4 is 29.5 Å². The lowest BCUT2D eigenvalue weighted by Crippen LogP contribution is -2.60. The van der Waals surface area contributed by atoms with Gasteiger partial charge in [-0.3, -0.25) is 14.4 Å². The highest BCUT2D eigenvalue weighted by Crippen LogP contribution is 2.71. The molecule has 0 saturated carbocycles. The van der Waals surface area contributed by atoms with Crippen molar-refractivity contribution in [1.29, 1.82) is 0 Å². The number of aliphatic hydroxyl groups is 1. The van der Waals surface area contributed by atoms with Crippen LogP contribution in [0.5, 0.6) is 0 Å². The summed E-state index contributed by atoms with van der Waals surface area (Å²) in [6.07, 6.45) is 8.42. The first kappa shape index (κ1) is 31.7. The second-order valence-corrected chi connectivity index (χ2v) is 15.5. The lowest BCUT2D eigenvalue weighted by atomic mass is 9.66. The summed E-state index contributed by atoms with van der Waals surface area (Å²) in [5.41, 5.74) is -0.466. The molecule has 220 valence electrons. The van der Waals surface area contributed by atoms with E-state index in [9.17, 15) is 19.5 Å². The molecule has 1 spiro atoms. The predicted molar refractivity (Wildman–Crippen MR) is 157 cm³/mol. The minimum Gasteiger partial charge on any atom is -0.465 e. The van der Waals surface area contributed by atoms with Gasteiger partial charge in [-0.25, -0.2) is 0 Å². The van der Waals surface area contributed by atoms with E-state index in [0.717, 1.165) is 19.3 Å². The number of amides is 2. The summed E-state index contributed by atoms with van der Waals surface area (Å²) in [5.74, 6) is -1.66. The monoisotopic (exact) mass is 562 g/mol. The molecule has 3 saturated heterocycles. The topological polar surface area (TPSA) is 87.1 Å². The molecule has 2 unspecified atom stereocenters. The Morgan fingerprint density at radius 3 is 2.44 bits per heavy atom. The molecule has 3 aliphatic heterocycles. The van der Waals surface area contributed by atoms with Gasteiger partial charge in [0, 0.05) is 30.0 Å². The van der Waals surface area contributed by atoms with Gasteiger partial charge in [-0.05, 0) is 71.1 Å². The van der Waals surface area contributed by atoms with Crippen LogP contribution >= 0.6 is 11.8 Å². The molecule has 39 heavy (non-hydrogen) atoms. The van der Waals surface area contributed by atoms with Crippen LogP contribution in [-0.2, 0) is 19.1 Å². The summed E-state index contributed by atoms with van der Waals surface area (Å²) < 4.78 is 4.53. The summed E-state index contributed by atoms with van der Waals surface area (Å²) in [7, 11) is 0. The van der Waals surface area contributed by atoms with Crippen molar-refractivity contribution in [2.45, 2.75) is 108 Å². The Morgan fingerprint density at radius 2 is 1.85 bits per heavy atom. The molecule has 2 bridgehead atoms. The van der Waals surface area contributed by atoms with Gasteiger partial charge in [0.2, 0.25) is 11.8 Å². The van der Waals surface area contributed by atoms with Gasteiger partial charge in [0.05, 0.1) is 23.2 Å². The average Bonchev–Trinajstić information content (AvgIpc) is 3.39. The average molecular weight is 563 g/mol. The Labute approximate surface area is 239 Å². The zero-order valence-corrected chi connectivity index (χ0v) is 25.8. The fourth-order valence-electron chi connectivity index (χ4n) is 7.51. The molecule has 5 atom stereocenters. The summed E-state index contributed by atoms with van der Waals surface area (Å²) in [6, 6.07) is -0.652. The van der Waals surface area contributed by atoms with Gasteiger partial charge in [0.1, 0.15) is 6.04 Å². The highest BCUT2D eigenvalue weighted by Gasteiger charge is 2.77. The highest BCUT2D eigenvalue weighted by atomic mass is 32.2. The van der Waals surface area contributed by atoms with Crippen molar-refractivity contribution in [3.8, 4) is 0 Å². The maximum atomic E-state index is 14.7. The second-order valence-electron chi connectivity index (χ2n) is 13.6. The number of ether oxygens (including phenoxy) is 1. The Balaban J connectivity index is 2.04. The number of unbranched alkanes of at least 4 members (excludes halogenated alkanes) is 2. The van der Waals surface area contributed by atoms with Gasteiger partial charge >= 0.3 is 5.97 Å². The van der Waals surface area contributed by atoms with E-state index in [1.54, 1.807) is 28.8 Å². The van der Waals surface area contributed by atoms with E-state index in [-0.39, 0.29) is 36.4 Å². The zero-order chi connectivity index (χ0) is 29.2. The molecular weight excluding hydrogens is 512 g/mol. The normalized spacial score (nSPS) is 29.9. The van der Waals surface area contributed by atoms with Crippen LogP contribution in [0.3, 0.4) is 0 Å². The zero-order valence-electron chi connectivity index (χ0n) is 25.0. The maximum Gasteiger partial charge on any atom is 0.311 e. The Morgan fingerprint density at radius 1 is 1.15 bits per heavy atom. The first-order valence-corrected chi connectivity index (χ1v) is 15.3. The number of hydrogen-bond acceptors (Lipinski definition) is 6. The smallest absolute Gasteiger partial charge is 0.311 e. The van der Waals surface area contributed by atoms with Crippen LogP contribution in [0, 0.1) is 17.3 Å². The first-order chi connectivity index (χ1) is 18.2. The predicted octanol–water partition coefficient (Wildman–Crippen LogP) is 4.98. The number of rotatable bonds is 14. The number of esters is 1. The summed E-state index contributed by atoms with van der Waals surface area (Å²) in [4.78, 5) is 46.1. The second kappa shape index (κ2) is 12.0. The van der Waals surface area contributed by atoms with Crippen molar-refractivity contribution in [2.75, 3.05) is 26.3 Å². The quantitative estimate of drug-likeness (QED) is 0.183. The third-order valence-electron chi connectivity index (χ3n) is 8.66. The van der Waals surface area contributed by atoms with Gasteiger partial charge in [-0.1, -0.05) is 32.9 Å². The van der Waals surface area contributed by atoms with E-state index in [2.05, 4.69) is 54.7 Å². The minimum absolute atomic E-state index is 0.00612. The van der Waals surface area contributed by atoms with Crippen molar-refractivity contribution < 1.29 is 24.2 Å². The van der Waals surface area contributed by atoms with Crippen LogP contribution in [0.4, 0.5) is 0 Å². The molecule has 1 N–H and O–H groups in total. The molecule has 3 fully saturated rings. The maximum absolute atomic E-state index is 14.7. The third kappa shape index (κ3) is 6.12. The van der Waals surface area contributed by atoms with E-state index < -0.39 is 32.9 Å². The molecule has 8 heteroatoms. The van der Waals surface area contributed by atoms with E-state index in [1.165, 1.54) is 0 Å². The van der Waals surface area contributed by atoms with Gasteiger partial charge < -0.3 is 19.6 Å². The molecule has 7 nitrogen and oxygen atoms in total. The third-order valence-corrected chi connectivity index (χ3v) is 10.6. The number of aliphatic hydroxyl groups excluding tert-OH is 1. The van der Waals surface area contributed by atoms with Crippen molar-refractivity contribution in [1.82, 2.24) is 9.80 Å². The van der Waals surface area contributed by atoms with Crippen LogP contribution in [0.2, 0.25) is 0 Å². The molecule has 3 rings (SSSR count). The minimum atomic E-state index is -0.667. The van der Waals surface area contributed by atoms with E-state index in [4.69, 9.17) is 4.74 Å². The number of nitrogens with zero attached hydrogens (tertiary/aromatic N) is 2. The Kier molecular flexibility index (Phi) is 9.74. The van der Waals surface area contributed by atoms with Gasteiger partial charge in [0.15, 0.2) is 0 Å². The van der Waals surface area contributed by atoms with Crippen LogP contribution in [0.1, 0.15) is 86.5 Å². The molecule has 0 aromatic heterocycles. The Hall–Kier alpha value is -1.80. The largest absolute Gasteiger partial charge is 0.465 e. The van der Waals surface area contributed by atoms with Crippen molar-refractivity contribution in [2.24, 2.45) is 17.3 Å². The van der Waals surface area contributed by atoms with Gasteiger partial charge in [-0.2, -0.15) is 0 Å². The van der Waals surface area contributed by atoms with E-state index in [0.29, 0.717) is 38.8 Å². The standard InChI is InChI=1S/C31H50N2O5S/c1-9-11-20-38-27(37)23-22-25(35)32(18-13-12-14-19-34)24(31(22)16-15-30(23,8)39-31)26(36)33(17-10-2)29(6,7)21-28(3,4)5/h9-10,22-24,34H,1-2,11-21H2,3-8H3/t22-,23-,24?,30+,31?/m0/s1. The van der Waals surface area contributed by atoms with Crippen molar-refractivity contribution in [3.05, 3.63) is 25.3 Å². The summed E-state index contributed by atoms with van der Waals surface area (Å²) in [5, 5.41) is 9.28. The molecule has 0 aromatic carbocycles. The SMILES string of the molecule is C=CCCOC(=O)[C@@H]1[C@H]2C(=O)N(CCCCCO)C(C(=O)N(CC=C)C(C)(C)CC(C)(C)C)C23CC[C@@]1(C)S3. The molecule has 0 radical (unpaired) electrons. The number of likely N-dealkylation sites (tertiary alicyclic amines) is 1. The summed E-state index contributed by atoms with van der Waals surface area (Å²) >= 11 is 1.68. The van der Waals surface area contributed by atoms with Crippen molar-refractivity contribution in [3.63, 3.8) is 0 Å². The summed E-state index contributed by atoms with van der Waals surface area (Å²) in [6.45, 7) is 21.6. The molecule has 2 amide bonds. The highest BCUT2D eigenvalue weighted by molar-refractivity contribution is 8.02. The van der Waals surface area contributed by atoms with E-state index >= 15 is 0 Å². The molecule has 0 aromatic rings. The van der Waals surface area contributed by atoms with Gasteiger partial charge in [0.25, 0.3) is 0 Å². The first-order valence-electron chi connectivity index (χ1n) is 14.5. The van der Waals surface area contributed by atoms with Crippen LogP contribution in [-0.4, -0.2) is 80.1 Å². The number of carbonyl (C=O) groups excluding carboxylic acids is 3. The van der Waals surface area contributed by atoms with Gasteiger partial charge in [-0.15, -0.1) is 24.9 Å². The Bertz CT molecular complexity index is 959. The number of carbonyl (C=O) groups is 3. The molecular formula is C31H50N2O5S.